The van der Waals surface area contributed by atoms with Crippen LogP contribution in [0.25, 0.3) is 0 Å². The fourth-order valence-electron chi connectivity index (χ4n) is 4.18. The Morgan fingerprint density at radius 3 is 2.41 bits per heavy atom. The van der Waals surface area contributed by atoms with E-state index in [0.717, 1.165) is 62.5 Å². The van der Waals surface area contributed by atoms with Gasteiger partial charge in [0.05, 0.1) is 22.5 Å². The normalized spacial score (nSPS) is 20.0. The first kappa shape index (κ1) is 19.9. The van der Waals surface area contributed by atoms with E-state index in [1.165, 1.54) is 17.8 Å². The molecule has 7 nitrogen and oxygen atoms in total. The predicted octanol–water partition coefficient (Wildman–Crippen LogP) is 3.20. The van der Waals surface area contributed by atoms with Gasteiger partial charge in [-0.1, -0.05) is 0 Å². The van der Waals surface area contributed by atoms with Crippen molar-refractivity contribution < 1.29 is 9.59 Å². The molecule has 2 aromatic heterocycles. The number of carbonyl (C=O) groups is 2. The van der Waals surface area contributed by atoms with Crippen LogP contribution < -0.4 is 0 Å². The summed E-state index contributed by atoms with van der Waals surface area (Å²) in [5, 5.41) is 0. The maximum atomic E-state index is 12.8. The highest BCUT2D eigenvalue weighted by Gasteiger charge is 2.29. The number of hydrogen-bond acceptors (Lipinski definition) is 6. The summed E-state index contributed by atoms with van der Waals surface area (Å²) >= 11 is 1.39. The van der Waals surface area contributed by atoms with Crippen molar-refractivity contribution in [3.63, 3.8) is 0 Å². The molecule has 8 heteroatoms. The van der Waals surface area contributed by atoms with Crippen LogP contribution in [0.1, 0.15) is 75.3 Å². The van der Waals surface area contributed by atoms with Gasteiger partial charge in [-0.05, 0) is 46.0 Å². The molecule has 0 spiro atoms. The molecular weight excluding hydrogens is 386 g/mol. The number of amides is 2. The molecule has 2 aliphatic heterocycles. The molecule has 29 heavy (non-hydrogen) atoms. The van der Waals surface area contributed by atoms with Crippen molar-refractivity contribution in [1.82, 2.24) is 24.8 Å². The SMILES string of the molecule is Cc1nc([C@@H]2CCCN(C(=O)c3scnc3C)C2)ncc1C(=O)N1CCCCC1. The number of aryl methyl sites for hydroxylation is 2. The van der Waals surface area contributed by atoms with E-state index in [0.29, 0.717) is 17.0 Å². The second-order valence-electron chi connectivity index (χ2n) is 7.94. The van der Waals surface area contributed by atoms with Gasteiger partial charge in [0, 0.05) is 38.3 Å². The molecule has 2 saturated heterocycles. The van der Waals surface area contributed by atoms with Gasteiger partial charge in [-0.3, -0.25) is 9.59 Å². The molecule has 2 amide bonds. The van der Waals surface area contributed by atoms with Gasteiger partial charge >= 0.3 is 0 Å². The Morgan fingerprint density at radius 1 is 0.966 bits per heavy atom. The molecule has 0 radical (unpaired) electrons. The van der Waals surface area contributed by atoms with E-state index in [1.807, 2.05) is 23.6 Å². The number of likely N-dealkylation sites (tertiary alicyclic amines) is 2. The maximum absolute atomic E-state index is 12.8. The van der Waals surface area contributed by atoms with Gasteiger partial charge in [0.1, 0.15) is 10.7 Å². The van der Waals surface area contributed by atoms with Crippen LogP contribution in [-0.2, 0) is 0 Å². The number of hydrogen-bond donors (Lipinski definition) is 0. The average Bonchev–Trinajstić information content (AvgIpc) is 3.19. The van der Waals surface area contributed by atoms with Crippen molar-refractivity contribution >= 4 is 23.2 Å². The number of thiazole rings is 1. The van der Waals surface area contributed by atoms with Crippen molar-refractivity contribution in [2.75, 3.05) is 26.2 Å². The molecule has 2 aliphatic rings. The second-order valence-corrected chi connectivity index (χ2v) is 8.79. The molecule has 4 rings (SSSR count). The summed E-state index contributed by atoms with van der Waals surface area (Å²) in [6.45, 7) is 6.74. The largest absolute Gasteiger partial charge is 0.339 e. The molecule has 2 aromatic rings. The predicted molar refractivity (Wildman–Crippen MR) is 111 cm³/mol. The first-order valence-corrected chi connectivity index (χ1v) is 11.2. The third-order valence-electron chi connectivity index (χ3n) is 5.89. The fourth-order valence-corrected chi connectivity index (χ4v) is 4.95. The molecule has 2 fully saturated rings. The monoisotopic (exact) mass is 413 g/mol. The summed E-state index contributed by atoms with van der Waals surface area (Å²) in [5.41, 5.74) is 3.83. The summed E-state index contributed by atoms with van der Waals surface area (Å²) in [6.07, 6.45) is 6.87. The number of piperidine rings is 2. The van der Waals surface area contributed by atoms with Crippen molar-refractivity contribution in [3.8, 4) is 0 Å². The Labute approximate surface area is 175 Å². The van der Waals surface area contributed by atoms with E-state index in [2.05, 4.69) is 15.0 Å². The van der Waals surface area contributed by atoms with E-state index in [9.17, 15) is 9.59 Å². The van der Waals surface area contributed by atoms with Crippen molar-refractivity contribution in [3.05, 3.63) is 39.4 Å². The van der Waals surface area contributed by atoms with Crippen LogP contribution in [0.4, 0.5) is 0 Å². The van der Waals surface area contributed by atoms with Crippen LogP contribution in [0.5, 0.6) is 0 Å². The molecule has 0 N–H and O–H groups in total. The lowest BCUT2D eigenvalue weighted by Crippen LogP contribution is -2.39. The van der Waals surface area contributed by atoms with Gasteiger partial charge in [-0.25, -0.2) is 15.0 Å². The minimum absolute atomic E-state index is 0.0369. The molecule has 0 bridgehead atoms. The lowest BCUT2D eigenvalue weighted by Gasteiger charge is -2.32. The van der Waals surface area contributed by atoms with E-state index < -0.39 is 0 Å². The summed E-state index contributed by atoms with van der Waals surface area (Å²) < 4.78 is 0. The minimum Gasteiger partial charge on any atom is -0.339 e. The van der Waals surface area contributed by atoms with Crippen LogP contribution in [-0.4, -0.2) is 62.7 Å². The van der Waals surface area contributed by atoms with Crippen LogP contribution in [0.3, 0.4) is 0 Å². The average molecular weight is 414 g/mol. The van der Waals surface area contributed by atoms with E-state index >= 15 is 0 Å². The molecule has 0 saturated carbocycles. The molecule has 4 heterocycles. The highest BCUT2D eigenvalue weighted by atomic mass is 32.1. The molecule has 154 valence electrons. The van der Waals surface area contributed by atoms with Gasteiger partial charge in [0.25, 0.3) is 11.8 Å². The lowest BCUT2D eigenvalue weighted by molar-refractivity contribution is 0.0707. The first-order valence-electron chi connectivity index (χ1n) is 10.4. The highest BCUT2D eigenvalue weighted by Crippen LogP contribution is 2.27. The molecule has 0 aromatic carbocycles. The summed E-state index contributed by atoms with van der Waals surface area (Å²) in [7, 11) is 0. The lowest BCUT2D eigenvalue weighted by atomic mass is 9.96. The summed E-state index contributed by atoms with van der Waals surface area (Å²) in [5.74, 6) is 0.910. The van der Waals surface area contributed by atoms with Crippen molar-refractivity contribution in [2.45, 2.75) is 51.9 Å². The van der Waals surface area contributed by atoms with Gasteiger partial charge in [0.15, 0.2) is 0 Å². The molecule has 0 unspecified atom stereocenters. The fraction of sp³-hybridized carbons (Fsp3) is 0.571. The van der Waals surface area contributed by atoms with E-state index in [4.69, 9.17) is 0 Å². The Morgan fingerprint density at radius 2 is 1.72 bits per heavy atom. The van der Waals surface area contributed by atoms with Crippen LogP contribution in [0.15, 0.2) is 11.7 Å². The zero-order chi connectivity index (χ0) is 20.4. The van der Waals surface area contributed by atoms with Gasteiger partial charge in [-0.15, -0.1) is 11.3 Å². The van der Waals surface area contributed by atoms with E-state index in [1.54, 1.807) is 11.7 Å². The minimum atomic E-state index is 0.0369. The number of aromatic nitrogens is 3. The molecular formula is C21H27N5O2S. The van der Waals surface area contributed by atoms with Gasteiger partial charge in [0.2, 0.25) is 0 Å². The number of carbonyl (C=O) groups excluding carboxylic acids is 2. The van der Waals surface area contributed by atoms with Crippen LogP contribution in [0.2, 0.25) is 0 Å². The topological polar surface area (TPSA) is 79.3 Å². The second kappa shape index (κ2) is 8.57. The van der Waals surface area contributed by atoms with Crippen molar-refractivity contribution in [1.29, 1.82) is 0 Å². The van der Waals surface area contributed by atoms with Crippen molar-refractivity contribution in [2.24, 2.45) is 0 Å². The Bertz CT molecular complexity index is 906. The number of nitrogens with zero attached hydrogens (tertiary/aromatic N) is 5. The first-order chi connectivity index (χ1) is 14.0. The highest BCUT2D eigenvalue weighted by molar-refractivity contribution is 7.11. The number of rotatable bonds is 3. The van der Waals surface area contributed by atoms with Gasteiger partial charge < -0.3 is 9.80 Å². The molecule has 1 atom stereocenters. The summed E-state index contributed by atoms with van der Waals surface area (Å²) in [6, 6.07) is 0. The van der Waals surface area contributed by atoms with E-state index in [-0.39, 0.29) is 17.7 Å². The quantitative estimate of drug-likeness (QED) is 0.772. The zero-order valence-electron chi connectivity index (χ0n) is 17.1. The standard InChI is InChI=1S/C21H27N5O2S/c1-14-17(20(27)25-8-4-3-5-9-25)11-22-19(24-14)16-7-6-10-26(12-16)21(28)18-15(2)23-13-29-18/h11,13,16H,3-10,12H2,1-2H3/t16-/m1/s1. The van der Waals surface area contributed by atoms with Crippen LogP contribution in [0, 0.1) is 13.8 Å². The maximum Gasteiger partial charge on any atom is 0.265 e. The molecule has 0 aliphatic carbocycles. The summed E-state index contributed by atoms with van der Waals surface area (Å²) in [4.78, 5) is 43.6. The third-order valence-corrected chi connectivity index (χ3v) is 6.80. The third kappa shape index (κ3) is 4.17. The Hall–Kier alpha value is -2.35. The smallest absolute Gasteiger partial charge is 0.265 e. The Kier molecular flexibility index (Phi) is 5.89. The zero-order valence-corrected chi connectivity index (χ0v) is 17.9. The Balaban J connectivity index is 1.48. The van der Waals surface area contributed by atoms with Gasteiger partial charge in [-0.2, -0.15) is 0 Å². The van der Waals surface area contributed by atoms with Crippen LogP contribution >= 0.6 is 11.3 Å².